The van der Waals surface area contributed by atoms with E-state index in [-0.39, 0.29) is 0 Å². The maximum Gasteiger partial charge on any atom is 0.160 e. The van der Waals surface area contributed by atoms with Crippen LogP contribution in [0.4, 0.5) is 0 Å². The van der Waals surface area contributed by atoms with Gasteiger partial charge in [-0.3, -0.25) is 9.80 Å². The lowest BCUT2D eigenvalue weighted by molar-refractivity contribution is -0.345. The fraction of sp³-hybridized carbons (Fsp3) is 0.407. The Kier molecular flexibility index (Phi) is 13.9. The highest BCUT2D eigenvalue weighted by atomic mass is 16.5. The fourth-order valence-corrected chi connectivity index (χ4v) is 4.04. The molecule has 0 saturated carbocycles. The first-order valence-corrected chi connectivity index (χ1v) is 12.8. The Bertz CT molecular complexity index is 1230. The SMILES string of the molecule is CCOCCn1c(CN2CCCN(Cc3ccccc3)CC2)nc2cccnc21.O=C([O-])C(=O)[O-].O=C([O-])C(=O)[O-]. The quantitative estimate of drug-likeness (QED) is 0.188. The predicted molar refractivity (Wildman–Crippen MR) is 136 cm³/mol. The number of aromatic nitrogens is 3. The summed E-state index contributed by atoms with van der Waals surface area (Å²) in [5, 5.41) is 35.7. The summed E-state index contributed by atoms with van der Waals surface area (Å²) in [6, 6.07) is 14.8. The van der Waals surface area contributed by atoms with Gasteiger partial charge in [0.1, 0.15) is 11.3 Å². The molecule has 1 fully saturated rings. The summed E-state index contributed by atoms with van der Waals surface area (Å²) in [6.07, 6.45) is 3.03. The average Bonchev–Trinajstić information content (AvgIpc) is 3.13. The van der Waals surface area contributed by atoms with Gasteiger partial charge in [-0.25, -0.2) is 9.97 Å². The molecule has 14 heteroatoms. The number of aliphatic carboxylic acids is 4. The van der Waals surface area contributed by atoms with Crippen LogP contribution in [0.1, 0.15) is 24.7 Å². The van der Waals surface area contributed by atoms with Crippen molar-refractivity contribution < 1.29 is 44.3 Å². The molecule has 4 rings (SSSR count). The zero-order valence-electron chi connectivity index (χ0n) is 22.6. The molecule has 41 heavy (non-hydrogen) atoms. The number of rotatable bonds is 8. The van der Waals surface area contributed by atoms with Crippen LogP contribution in [0.3, 0.4) is 0 Å². The summed E-state index contributed by atoms with van der Waals surface area (Å²) in [6.45, 7) is 10.6. The first-order valence-electron chi connectivity index (χ1n) is 12.8. The Morgan fingerprint density at radius 3 is 1.95 bits per heavy atom. The molecule has 1 aromatic carbocycles. The van der Waals surface area contributed by atoms with E-state index in [0.717, 1.165) is 69.4 Å². The summed E-state index contributed by atoms with van der Waals surface area (Å²) in [5.41, 5.74) is 3.33. The molecule has 1 aliphatic rings. The maximum atomic E-state index is 8.93. The fourth-order valence-electron chi connectivity index (χ4n) is 4.04. The largest absolute Gasteiger partial charge is 0.543 e. The summed E-state index contributed by atoms with van der Waals surface area (Å²) in [4.78, 5) is 50.3. The lowest BCUT2D eigenvalue weighted by atomic mass is 10.2. The van der Waals surface area contributed by atoms with Crippen LogP contribution in [-0.2, 0) is 43.5 Å². The molecule has 3 heterocycles. The van der Waals surface area contributed by atoms with Crippen LogP contribution < -0.4 is 20.4 Å². The van der Waals surface area contributed by atoms with Gasteiger partial charge in [-0.15, -0.1) is 0 Å². The van der Waals surface area contributed by atoms with Crippen molar-refractivity contribution >= 4 is 35.0 Å². The van der Waals surface area contributed by atoms with Gasteiger partial charge in [0.2, 0.25) is 0 Å². The normalized spacial score (nSPS) is 13.7. The van der Waals surface area contributed by atoms with Crippen molar-refractivity contribution in [2.24, 2.45) is 0 Å². The number of carbonyl (C=O) groups excluding carboxylic acids is 4. The van der Waals surface area contributed by atoms with E-state index in [1.807, 2.05) is 25.3 Å². The minimum Gasteiger partial charge on any atom is -0.543 e. The summed E-state index contributed by atoms with van der Waals surface area (Å²) in [5.74, 6) is -7.65. The third-order valence-electron chi connectivity index (χ3n) is 5.87. The van der Waals surface area contributed by atoms with Crippen molar-refractivity contribution in [3.63, 3.8) is 0 Å². The number of nitrogens with zero attached hydrogens (tertiary/aromatic N) is 5. The smallest absolute Gasteiger partial charge is 0.160 e. The molecule has 0 atom stereocenters. The molecule has 222 valence electrons. The van der Waals surface area contributed by atoms with Crippen molar-refractivity contribution in [2.75, 3.05) is 39.4 Å². The van der Waals surface area contributed by atoms with Gasteiger partial charge in [0.25, 0.3) is 0 Å². The van der Waals surface area contributed by atoms with E-state index in [1.165, 1.54) is 12.0 Å². The topological polar surface area (TPSA) is 207 Å². The summed E-state index contributed by atoms with van der Waals surface area (Å²) >= 11 is 0. The lowest BCUT2D eigenvalue weighted by Crippen LogP contribution is -2.42. The Morgan fingerprint density at radius 1 is 0.805 bits per heavy atom. The molecule has 0 aliphatic carbocycles. The zero-order valence-corrected chi connectivity index (χ0v) is 22.6. The van der Waals surface area contributed by atoms with Crippen LogP contribution in [0.2, 0.25) is 0 Å². The third-order valence-corrected chi connectivity index (χ3v) is 5.87. The molecule has 0 amide bonds. The van der Waals surface area contributed by atoms with Gasteiger partial charge in [0.05, 0.1) is 37.0 Å². The van der Waals surface area contributed by atoms with Crippen molar-refractivity contribution in [2.45, 2.75) is 33.0 Å². The average molecular weight is 570 g/mol. The molecule has 0 bridgehead atoms. The first-order chi connectivity index (χ1) is 19.6. The van der Waals surface area contributed by atoms with Crippen LogP contribution in [0.5, 0.6) is 0 Å². The van der Waals surface area contributed by atoms with Crippen LogP contribution in [-0.4, -0.2) is 87.6 Å². The van der Waals surface area contributed by atoms with Crippen LogP contribution in [0.25, 0.3) is 11.2 Å². The second-order valence-electron chi connectivity index (χ2n) is 8.76. The molecule has 2 aromatic heterocycles. The number of hydrogen-bond acceptors (Lipinski definition) is 13. The molecule has 0 spiro atoms. The Balaban J connectivity index is 0.000000413. The van der Waals surface area contributed by atoms with Gasteiger partial charge in [-0.05, 0) is 44.1 Å². The number of carbonyl (C=O) groups is 4. The number of ether oxygens (including phenoxy) is 1. The van der Waals surface area contributed by atoms with E-state index in [9.17, 15) is 0 Å². The first kappa shape index (κ1) is 32.8. The number of carboxylic acids is 4. The molecular formula is C27H31N5O9-4. The van der Waals surface area contributed by atoms with Gasteiger partial charge >= 0.3 is 0 Å². The van der Waals surface area contributed by atoms with Crippen LogP contribution in [0, 0.1) is 0 Å². The van der Waals surface area contributed by atoms with Gasteiger partial charge in [0.15, 0.2) is 5.65 Å². The summed E-state index contributed by atoms with van der Waals surface area (Å²) in [7, 11) is 0. The van der Waals surface area contributed by atoms with E-state index >= 15 is 0 Å². The highest BCUT2D eigenvalue weighted by molar-refractivity contribution is 6.25. The number of imidazole rings is 1. The minimum atomic E-state index is -2.19. The number of hydrogen-bond donors (Lipinski definition) is 0. The van der Waals surface area contributed by atoms with E-state index in [1.54, 1.807) is 0 Å². The van der Waals surface area contributed by atoms with Crippen LogP contribution in [0.15, 0.2) is 48.7 Å². The predicted octanol–water partition coefficient (Wildman–Crippen LogP) is -3.85. The number of carboxylic acid groups (broad SMARTS) is 4. The van der Waals surface area contributed by atoms with Crippen molar-refractivity contribution in [1.29, 1.82) is 0 Å². The van der Waals surface area contributed by atoms with Crippen molar-refractivity contribution in [3.05, 3.63) is 60.0 Å². The number of fused-ring (bicyclic) bond motifs is 1. The van der Waals surface area contributed by atoms with E-state index in [0.29, 0.717) is 6.61 Å². The van der Waals surface area contributed by atoms with Gasteiger partial charge < -0.3 is 48.9 Å². The maximum absolute atomic E-state index is 8.93. The number of benzene rings is 1. The molecule has 3 aromatic rings. The highest BCUT2D eigenvalue weighted by Gasteiger charge is 2.19. The van der Waals surface area contributed by atoms with E-state index < -0.39 is 23.9 Å². The molecule has 1 aliphatic heterocycles. The van der Waals surface area contributed by atoms with Crippen molar-refractivity contribution in [3.8, 4) is 0 Å². The second-order valence-corrected chi connectivity index (χ2v) is 8.76. The van der Waals surface area contributed by atoms with Gasteiger partial charge in [0, 0.05) is 39.0 Å². The zero-order chi connectivity index (χ0) is 30.2. The summed E-state index contributed by atoms with van der Waals surface area (Å²) < 4.78 is 7.83. The molecule has 0 unspecified atom stereocenters. The monoisotopic (exact) mass is 569 g/mol. The Labute approximate surface area is 236 Å². The minimum absolute atomic E-state index is 0.691. The van der Waals surface area contributed by atoms with E-state index in [4.69, 9.17) is 49.3 Å². The third kappa shape index (κ3) is 11.7. The second kappa shape index (κ2) is 17.3. The number of pyridine rings is 1. The molecule has 0 N–H and O–H groups in total. The van der Waals surface area contributed by atoms with Crippen molar-refractivity contribution in [1.82, 2.24) is 24.3 Å². The van der Waals surface area contributed by atoms with Gasteiger partial charge in [-0.2, -0.15) is 0 Å². The molecule has 0 radical (unpaired) electrons. The Hall–Kier alpha value is -4.40. The molecule has 1 saturated heterocycles. The highest BCUT2D eigenvalue weighted by Crippen LogP contribution is 2.17. The lowest BCUT2D eigenvalue weighted by Gasteiger charge is -2.22. The molecule has 14 nitrogen and oxygen atoms in total. The molecular weight excluding hydrogens is 538 g/mol. The Morgan fingerprint density at radius 2 is 1.39 bits per heavy atom. The standard InChI is InChI=1S/C23H31N5O.2C2H2O4/c1-2-29-17-16-28-22(25-21-10-6-11-24-23(21)28)19-27-13-7-12-26(14-15-27)18-20-8-4-3-5-9-20;2*3-1(4)2(5)6/h3-6,8-11H,2,7,12-19H2,1H3;2*(H,3,4)(H,5,6)/p-4. The van der Waals surface area contributed by atoms with Gasteiger partial charge in [-0.1, -0.05) is 30.3 Å². The van der Waals surface area contributed by atoms with Crippen LogP contribution >= 0.6 is 0 Å². The van der Waals surface area contributed by atoms with E-state index in [2.05, 4.69) is 49.7 Å².